The van der Waals surface area contributed by atoms with E-state index in [1.807, 2.05) is 18.2 Å². The van der Waals surface area contributed by atoms with E-state index in [1.54, 1.807) is 12.1 Å². The molecule has 1 aliphatic heterocycles. The third-order valence-corrected chi connectivity index (χ3v) is 4.99. The van der Waals surface area contributed by atoms with Crippen LogP contribution in [0.1, 0.15) is 28.8 Å². The quantitative estimate of drug-likeness (QED) is 0.782. The first-order chi connectivity index (χ1) is 12.2. The fourth-order valence-corrected chi connectivity index (χ4v) is 3.52. The van der Waals surface area contributed by atoms with E-state index < -0.39 is 0 Å². The maximum absolute atomic E-state index is 12.7. The highest BCUT2D eigenvalue weighted by Crippen LogP contribution is 2.33. The Morgan fingerprint density at radius 3 is 2.56 bits per heavy atom. The first-order valence-corrected chi connectivity index (χ1v) is 8.57. The van der Waals surface area contributed by atoms with Crippen LogP contribution in [0.5, 0.6) is 11.5 Å². The van der Waals surface area contributed by atoms with Gasteiger partial charge in [0.2, 0.25) is 0 Å². The Bertz CT molecular complexity index is 725. The number of phenolic OH excluding ortho intramolecular Hbond substituents is 1. The molecule has 2 aromatic rings. The van der Waals surface area contributed by atoms with Crippen LogP contribution in [0.25, 0.3) is 0 Å². The second-order valence-electron chi connectivity index (χ2n) is 6.43. The average molecular weight is 340 g/mol. The summed E-state index contributed by atoms with van der Waals surface area (Å²) in [4.78, 5) is 12.7. The van der Waals surface area contributed by atoms with Crippen LogP contribution in [0.2, 0.25) is 0 Å². The smallest absolute Gasteiger partial charge is 0.258 e. The van der Waals surface area contributed by atoms with Gasteiger partial charge in [-0.15, -0.1) is 0 Å². The van der Waals surface area contributed by atoms with Gasteiger partial charge >= 0.3 is 0 Å². The molecule has 0 spiro atoms. The molecule has 2 aromatic carbocycles. The van der Waals surface area contributed by atoms with Gasteiger partial charge in [0.1, 0.15) is 17.1 Å². The van der Waals surface area contributed by atoms with Crippen LogP contribution >= 0.6 is 0 Å². The van der Waals surface area contributed by atoms with Gasteiger partial charge in [-0.1, -0.05) is 36.4 Å². The molecule has 5 nitrogen and oxygen atoms in total. The van der Waals surface area contributed by atoms with Gasteiger partial charge in [-0.25, -0.2) is 0 Å². The minimum absolute atomic E-state index is 0.0732. The molecule has 0 aliphatic carbocycles. The highest BCUT2D eigenvalue weighted by atomic mass is 16.5. The lowest BCUT2D eigenvalue weighted by Crippen LogP contribution is -2.47. The topological polar surface area (TPSA) is 70.6 Å². The van der Waals surface area contributed by atoms with E-state index in [-0.39, 0.29) is 22.6 Å². The normalized spacial score (nSPS) is 16.2. The lowest BCUT2D eigenvalue weighted by molar-refractivity contribution is 0.0932. The second kappa shape index (κ2) is 7.57. The monoisotopic (exact) mass is 340 g/mol. The zero-order valence-electron chi connectivity index (χ0n) is 14.4. The molecule has 1 amide bonds. The lowest BCUT2D eigenvalue weighted by atomic mass is 9.73. The van der Waals surface area contributed by atoms with E-state index in [1.165, 1.54) is 18.7 Å². The number of hydrogen-bond donors (Lipinski definition) is 3. The summed E-state index contributed by atoms with van der Waals surface area (Å²) in [5.74, 6) is -0.0173. The number of methoxy groups -OCH3 is 1. The van der Waals surface area contributed by atoms with Gasteiger partial charge in [-0.2, -0.15) is 0 Å². The Morgan fingerprint density at radius 1 is 1.16 bits per heavy atom. The van der Waals surface area contributed by atoms with Crippen molar-refractivity contribution in [3.63, 3.8) is 0 Å². The highest BCUT2D eigenvalue weighted by molar-refractivity contribution is 5.99. The van der Waals surface area contributed by atoms with Crippen molar-refractivity contribution in [2.45, 2.75) is 18.3 Å². The van der Waals surface area contributed by atoms with E-state index in [2.05, 4.69) is 22.8 Å². The van der Waals surface area contributed by atoms with Crippen LogP contribution in [-0.2, 0) is 5.41 Å². The van der Waals surface area contributed by atoms with Crippen molar-refractivity contribution in [1.29, 1.82) is 0 Å². The molecular formula is C20H24N2O3. The molecule has 0 saturated carbocycles. The largest absolute Gasteiger partial charge is 0.507 e. The van der Waals surface area contributed by atoms with Gasteiger partial charge in [-0.05, 0) is 43.6 Å². The maximum Gasteiger partial charge on any atom is 0.258 e. The minimum Gasteiger partial charge on any atom is -0.507 e. The summed E-state index contributed by atoms with van der Waals surface area (Å²) in [5, 5.41) is 16.5. The molecule has 3 N–H and O–H groups in total. The molecule has 132 valence electrons. The molecule has 1 saturated heterocycles. The molecule has 1 fully saturated rings. The number of benzene rings is 2. The predicted octanol–water partition coefficient (Wildman–Crippen LogP) is 2.45. The molecule has 0 atom stereocenters. The van der Waals surface area contributed by atoms with E-state index >= 15 is 0 Å². The average Bonchev–Trinajstić information content (AvgIpc) is 2.67. The van der Waals surface area contributed by atoms with Crippen molar-refractivity contribution in [2.24, 2.45) is 0 Å². The number of aromatic hydroxyl groups is 1. The molecule has 25 heavy (non-hydrogen) atoms. The van der Waals surface area contributed by atoms with Gasteiger partial charge in [0, 0.05) is 12.0 Å². The maximum atomic E-state index is 12.7. The van der Waals surface area contributed by atoms with Crippen LogP contribution in [0.4, 0.5) is 0 Å². The predicted molar refractivity (Wildman–Crippen MR) is 97.2 cm³/mol. The molecule has 0 aromatic heterocycles. The molecule has 0 bridgehead atoms. The number of amides is 1. The Labute approximate surface area is 148 Å². The Kier molecular flexibility index (Phi) is 5.24. The Morgan fingerprint density at radius 2 is 1.88 bits per heavy atom. The third kappa shape index (κ3) is 3.61. The van der Waals surface area contributed by atoms with Gasteiger partial charge in [0.25, 0.3) is 5.91 Å². The summed E-state index contributed by atoms with van der Waals surface area (Å²) in [5.41, 5.74) is 1.32. The molecule has 1 heterocycles. The van der Waals surface area contributed by atoms with Gasteiger partial charge in [-0.3, -0.25) is 4.79 Å². The first kappa shape index (κ1) is 17.3. The van der Waals surface area contributed by atoms with Crippen molar-refractivity contribution < 1.29 is 14.6 Å². The third-order valence-electron chi connectivity index (χ3n) is 4.99. The van der Waals surface area contributed by atoms with Crippen molar-refractivity contribution in [3.05, 3.63) is 59.7 Å². The molecular weight excluding hydrogens is 316 g/mol. The highest BCUT2D eigenvalue weighted by Gasteiger charge is 2.34. The Hall–Kier alpha value is -2.53. The van der Waals surface area contributed by atoms with Crippen molar-refractivity contribution in [2.75, 3.05) is 26.7 Å². The van der Waals surface area contributed by atoms with E-state index in [0.717, 1.165) is 25.9 Å². The van der Waals surface area contributed by atoms with E-state index in [9.17, 15) is 9.90 Å². The SMILES string of the molecule is COc1cccc(O)c1C(=O)NCC1(c2ccccc2)CCNCC1. The molecule has 5 heteroatoms. The zero-order valence-corrected chi connectivity index (χ0v) is 14.4. The minimum atomic E-state index is -0.316. The number of hydrogen-bond acceptors (Lipinski definition) is 4. The number of phenols is 1. The number of carbonyl (C=O) groups is 1. The van der Waals surface area contributed by atoms with E-state index in [0.29, 0.717) is 12.3 Å². The molecule has 3 rings (SSSR count). The molecule has 0 radical (unpaired) electrons. The summed E-state index contributed by atoms with van der Waals surface area (Å²) in [6.45, 7) is 2.37. The number of piperidine rings is 1. The fourth-order valence-electron chi connectivity index (χ4n) is 3.52. The van der Waals surface area contributed by atoms with Crippen molar-refractivity contribution >= 4 is 5.91 Å². The van der Waals surface area contributed by atoms with Crippen LogP contribution in [0.15, 0.2) is 48.5 Å². The van der Waals surface area contributed by atoms with Crippen LogP contribution < -0.4 is 15.4 Å². The summed E-state index contributed by atoms with van der Waals surface area (Å²) < 4.78 is 5.22. The fraction of sp³-hybridized carbons (Fsp3) is 0.350. The number of ether oxygens (including phenoxy) is 1. The second-order valence-corrected chi connectivity index (χ2v) is 6.43. The summed E-state index contributed by atoms with van der Waals surface area (Å²) in [6, 6.07) is 15.1. The summed E-state index contributed by atoms with van der Waals surface area (Å²) in [7, 11) is 1.49. The van der Waals surface area contributed by atoms with Gasteiger partial charge < -0.3 is 20.5 Å². The molecule has 0 unspecified atom stereocenters. The molecule has 1 aliphatic rings. The van der Waals surface area contributed by atoms with E-state index in [4.69, 9.17) is 4.74 Å². The summed E-state index contributed by atoms with van der Waals surface area (Å²) in [6.07, 6.45) is 1.91. The van der Waals surface area contributed by atoms with Crippen molar-refractivity contribution in [3.8, 4) is 11.5 Å². The lowest BCUT2D eigenvalue weighted by Gasteiger charge is -2.38. The zero-order chi connectivity index (χ0) is 17.7. The summed E-state index contributed by atoms with van der Waals surface area (Å²) >= 11 is 0. The van der Waals surface area contributed by atoms with Crippen LogP contribution in [0, 0.1) is 0 Å². The number of nitrogens with one attached hydrogen (secondary N) is 2. The van der Waals surface area contributed by atoms with Crippen molar-refractivity contribution in [1.82, 2.24) is 10.6 Å². The number of carbonyl (C=O) groups excluding carboxylic acids is 1. The Balaban J connectivity index is 1.82. The van der Waals surface area contributed by atoms with Crippen LogP contribution in [0.3, 0.4) is 0 Å². The van der Waals surface area contributed by atoms with Gasteiger partial charge in [0.05, 0.1) is 7.11 Å². The first-order valence-electron chi connectivity index (χ1n) is 8.57. The van der Waals surface area contributed by atoms with Gasteiger partial charge in [0.15, 0.2) is 0 Å². The standard InChI is InChI=1S/C20H24N2O3/c1-25-17-9-5-8-16(23)18(17)19(24)22-14-20(10-12-21-13-11-20)15-6-3-2-4-7-15/h2-9,21,23H,10-14H2,1H3,(H,22,24). The number of rotatable bonds is 5. The van der Waals surface area contributed by atoms with Crippen LogP contribution in [-0.4, -0.2) is 37.8 Å².